The third-order valence-corrected chi connectivity index (χ3v) is 2.93. The monoisotopic (exact) mass is 225 g/mol. The molecule has 3 nitrogen and oxygen atoms in total. The van der Waals surface area contributed by atoms with Crippen LogP contribution in [0.3, 0.4) is 0 Å². The van der Waals surface area contributed by atoms with E-state index in [0.717, 1.165) is 17.9 Å². The van der Waals surface area contributed by atoms with Crippen molar-refractivity contribution in [3.63, 3.8) is 0 Å². The SMILES string of the molecule is O=S([O-])Cc1cccc(OCC2CC2)c1. The molecule has 82 valence electrons. The quantitative estimate of drug-likeness (QED) is 0.719. The second-order valence-electron chi connectivity index (χ2n) is 3.85. The van der Waals surface area contributed by atoms with E-state index in [2.05, 4.69) is 0 Å². The lowest BCUT2D eigenvalue weighted by Gasteiger charge is -2.08. The van der Waals surface area contributed by atoms with E-state index >= 15 is 0 Å². The molecule has 1 atom stereocenters. The Bertz CT molecular complexity index is 361. The smallest absolute Gasteiger partial charge is 0.119 e. The minimum atomic E-state index is -2.03. The lowest BCUT2D eigenvalue weighted by molar-refractivity contribution is 0.299. The van der Waals surface area contributed by atoms with Crippen LogP contribution in [0.15, 0.2) is 24.3 Å². The zero-order valence-electron chi connectivity index (χ0n) is 8.35. The van der Waals surface area contributed by atoms with Crippen molar-refractivity contribution in [1.29, 1.82) is 0 Å². The molecule has 0 saturated heterocycles. The first kappa shape index (κ1) is 10.6. The highest BCUT2D eigenvalue weighted by Crippen LogP contribution is 2.29. The molecule has 0 aliphatic heterocycles. The molecular formula is C11H13O3S-. The molecule has 0 bridgehead atoms. The maximum Gasteiger partial charge on any atom is 0.119 e. The molecule has 0 radical (unpaired) electrons. The molecule has 1 aliphatic carbocycles. The number of rotatable bonds is 5. The third kappa shape index (κ3) is 3.64. The van der Waals surface area contributed by atoms with Crippen LogP contribution in [0.4, 0.5) is 0 Å². The van der Waals surface area contributed by atoms with Crippen molar-refractivity contribution in [3.05, 3.63) is 29.8 Å². The van der Waals surface area contributed by atoms with Gasteiger partial charge in [-0.15, -0.1) is 0 Å². The van der Waals surface area contributed by atoms with E-state index in [-0.39, 0.29) is 5.75 Å². The summed E-state index contributed by atoms with van der Waals surface area (Å²) in [5.41, 5.74) is 0.775. The first-order valence-corrected chi connectivity index (χ1v) is 6.26. The fourth-order valence-electron chi connectivity index (χ4n) is 1.36. The lowest BCUT2D eigenvalue weighted by Crippen LogP contribution is -2.00. The number of hydrogen-bond acceptors (Lipinski definition) is 3. The number of benzene rings is 1. The van der Waals surface area contributed by atoms with Crippen LogP contribution in [0.5, 0.6) is 5.75 Å². The summed E-state index contributed by atoms with van der Waals surface area (Å²) in [4.78, 5) is 0. The first-order valence-electron chi connectivity index (χ1n) is 5.01. The summed E-state index contributed by atoms with van der Waals surface area (Å²) >= 11 is -2.03. The van der Waals surface area contributed by atoms with E-state index in [4.69, 9.17) is 4.74 Å². The molecule has 4 heteroatoms. The van der Waals surface area contributed by atoms with E-state index in [0.29, 0.717) is 5.92 Å². The van der Waals surface area contributed by atoms with Crippen LogP contribution in [-0.2, 0) is 16.8 Å². The second-order valence-corrected chi connectivity index (χ2v) is 4.75. The van der Waals surface area contributed by atoms with Gasteiger partial charge in [0.1, 0.15) is 5.75 Å². The van der Waals surface area contributed by atoms with Gasteiger partial charge in [-0.1, -0.05) is 23.2 Å². The van der Waals surface area contributed by atoms with Gasteiger partial charge in [0.25, 0.3) is 0 Å². The van der Waals surface area contributed by atoms with Crippen molar-refractivity contribution in [2.75, 3.05) is 6.61 Å². The molecule has 0 heterocycles. The Balaban J connectivity index is 1.94. The maximum atomic E-state index is 10.5. The molecule has 15 heavy (non-hydrogen) atoms. The fraction of sp³-hybridized carbons (Fsp3) is 0.455. The highest BCUT2D eigenvalue weighted by atomic mass is 32.2. The average Bonchev–Trinajstić information content (AvgIpc) is 2.97. The van der Waals surface area contributed by atoms with Crippen molar-refractivity contribution < 1.29 is 13.5 Å². The van der Waals surface area contributed by atoms with Crippen molar-refractivity contribution in [3.8, 4) is 5.75 Å². The Morgan fingerprint density at radius 2 is 2.27 bits per heavy atom. The van der Waals surface area contributed by atoms with Gasteiger partial charge in [-0.3, -0.25) is 4.21 Å². The van der Waals surface area contributed by atoms with Gasteiger partial charge < -0.3 is 9.29 Å². The summed E-state index contributed by atoms with van der Waals surface area (Å²) in [7, 11) is 0. The topological polar surface area (TPSA) is 49.4 Å². The fourth-order valence-corrected chi connectivity index (χ4v) is 1.81. The molecule has 1 fully saturated rings. The Morgan fingerprint density at radius 3 is 2.93 bits per heavy atom. The summed E-state index contributed by atoms with van der Waals surface area (Å²) in [6, 6.07) is 7.27. The van der Waals surface area contributed by atoms with Gasteiger partial charge in [-0.2, -0.15) is 0 Å². The zero-order valence-corrected chi connectivity index (χ0v) is 9.16. The maximum absolute atomic E-state index is 10.5. The Hall–Kier alpha value is -0.870. The Morgan fingerprint density at radius 1 is 1.47 bits per heavy atom. The summed E-state index contributed by atoms with van der Waals surface area (Å²) in [5, 5.41) is 0. The predicted octanol–water partition coefficient (Wildman–Crippen LogP) is 1.85. The number of ether oxygens (including phenoxy) is 1. The van der Waals surface area contributed by atoms with Gasteiger partial charge in [0.15, 0.2) is 0 Å². The van der Waals surface area contributed by atoms with E-state index in [1.165, 1.54) is 12.8 Å². The van der Waals surface area contributed by atoms with Gasteiger partial charge in [-0.05, 0) is 36.5 Å². The summed E-state index contributed by atoms with van der Waals surface area (Å²) in [5.74, 6) is 1.54. The van der Waals surface area contributed by atoms with E-state index in [9.17, 15) is 8.76 Å². The normalized spacial score (nSPS) is 17.4. The molecule has 1 aliphatic rings. The largest absolute Gasteiger partial charge is 0.772 e. The van der Waals surface area contributed by atoms with Gasteiger partial charge in [0.05, 0.1) is 6.61 Å². The highest BCUT2D eigenvalue weighted by Gasteiger charge is 2.21. The molecule has 0 spiro atoms. The molecular weight excluding hydrogens is 212 g/mol. The van der Waals surface area contributed by atoms with Crippen molar-refractivity contribution >= 4 is 11.1 Å². The standard InChI is InChI=1S/C11H14O3S/c12-15(13)8-10-2-1-3-11(6-10)14-7-9-4-5-9/h1-3,6,9H,4-5,7-8H2,(H,12,13)/p-1. The van der Waals surface area contributed by atoms with Crippen LogP contribution in [0.2, 0.25) is 0 Å². The third-order valence-electron chi connectivity index (χ3n) is 2.37. The van der Waals surface area contributed by atoms with Crippen LogP contribution in [0.25, 0.3) is 0 Å². The molecule has 1 aromatic carbocycles. The highest BCUT2D eigenvalue weighted by molar-refractivity contribution is 7.78. The average molecular weight is 225 g/mol. The van der Waals surface area contributed by atoms with Crippen LogP contribution in [0, 0.1) is 5.92 Å². The Labute approximate surface area is 91.7 Å². The van der Waals surface area contributed by atoms with Crippen LogP contribution >= 0.6 is 0 Å². The summed E-state index contributed by atoms with van der Waals surface area (Å²) in [6.45, 7) is 0.754. The van der Waals surface area contributed by atoms with Gasteiger partial charge in [0, 0.05) is 5.75 Å². The molecule has 1 saturated carbocycles. The summed E-state index contributed by atoms with van der Waals surface area (Å²) < 4.78 is 26.6. The molecule has 0 N–H and O–H groups in total. The van der Waals surface area contributed by atoms with E-state index in [1.807, 2.05) is 12.1 Å². The molecule has 1 unspecified atom stereocenters. The minimum absolute atomic E-state index is 0.0562. The van der Waals surface area contributed by atoms with Crippen LogP contribution in [0.1, 0.15) is 18.4 Å². The van der Waals surface area contributed by atoms with Gasteiger partial charge in [0.2, 0.25) is 0 Å². The van der Waals surface area contributed by atoms with Crippen molar-refractivity contribution in [2.24, 2.45) is 5.92 Å². The van der Waals surface area contributed by atoms with Crippen molar-refractivity contribution in [1.82, 2.24) is 0 Å². The van der Waals surface area contributed by atoms with Crippen LogP contribution < -0.4 is 4.74 Å². The molecule has 0 amide bonds. The van der Waals surface area contributed by atoms with E-state index < -0.39 is 11.1 Å². The lowest BCUT2D eigenvalue weighted by atomic mass is 10.2. The second kappa shape index (κ2) is 4.77. The van der Waals surface area contributed by atoms with Crippen molar-refractivity contribution in [2.45, 2.75) is 18.6 Å². The molecule has 0 aromatic heterocycles. The molecule has 1 aromatic rings. The van der Waals surface area contributed by atoms with E-state index in [1.54, 1.807) is 12.1 Å². The zero-order chi connectivity index (χ0) is 10.7. The Kier molecular flexibility index (Phi) is 3.38. The molecule has 2 rings (SSSR count). The van der Waals surface area contributed by atoms with Crippen LogP contribution in [-0.4, -0.2) is 15.4 Å². The predicted molar refractivity (Wildman–Crippen MR) is 57.3 cm³/mol. The first-order chi connectivity index (χ1) is 7.24. The number of hydrogen-bond donors (Lipinski definition) is 0. The van der Waals surface area contributed by atoms with Gasteiger partial charge in [-0.25, -0.2) is 0 Å². The summed E-state index contributed by atoms with van der Waals surface area (Å²) in [6.07, 6.45) is 2.51. The van der Waals surface area contributed by atoms with Gasteiger partial charge >= 0.3 is 0 Å². The minimum Gasteiger partial charge on any atom is -0.772 e.